The molecule has 1 atom stereocenters. The molecule has 0 unspecified atom stereocenters. The maximum Gasteiger partial charge on any atom is 0.132 e. The molecular weight excluding hydrogens is 383 g/mol. The second-order valence-electron chi connectivity index (χ2n) is 6.19. The van der Waals surface area contributed by atoms with Gasteiger partial charge in [0.05, 0.1) is 10.0 Å². The molecule has 136 valence electrons. The number of nitrogens with zero attached hydrogens (tertiary/aromatic N) is 2. The molecule has 3 aromatic heterocycles. The Kier molecular flexibility index (Phi) is 4.83. The summed E-state index contributed by atoms with van der Waals surface area (Å²) < 4.78 is 17.1. The molecule has 0 aliphatic carbocycles. The number of aromatic nitrogens is 2. The summed E-state index contributed by atoms with van der Waals surface area (Å²) in [6.45, 7) is 0. The monoisotopic (exact) mass is 398 g/mol. The van der Waals surface area contributed by atoms with Gasteiger partial charge >= 0.3 is 0 Å². The van der Waals surface area contributed by atoms with Crippen LogP contribution in [0.3, 0.4) is 0 Å². The van der Waals surface area contributed by atoms with Gasteiger partial charge in [0.15, 0.2) is 0 Å². The quantitative estimate of drug-likeness (QED) is 0.479. The van der Waals surface area contributed by atoms with Crippen LogP contribution in [0.1, 0.15) is 17.2 Å². The van der Waals surface area contributed by atoms with Crippen molar-refractivity contribution in [2.75, 3.05) is 0 Å². The van der Waals surface area contributed by atoms with Crippen LogP contribution >= 0.6 is 22.9 Å². The van der Waals surface area contributed by atoms with Gasteiger partial charge in [0, 0.05) is 52.8 Å². The third-order valence-corrected chi connectivity index (χ3v) is 5.73. The minimum Gasteiger partial charge on any atom is -0.383 e. The van der Waals surface area contributed by atoms with E-state index in [1.54, 1.807) is 42.7 Å². The van der Waals surface area contributed by atoms with E-state index in [2.05, 4.69) is 4.98 Å². The van der Waals surface area contributed by atoms with Gasteiger partial charge in [0.2, 0.25) is 0 Å². The third-order valence-electron chi connectivity index (χ3n) is 4.46. The Hall–Kier alpha value is -2.47. The highest BCUT2D eigenvalue weighted by molar-refractivity contribution is 7.19. The molecule has 0 saturated heterocycles. The van der Waals surface area contributed by atoms with E-state index >= 15 is 0 Å². The summed E-state index contributed by atoms with van der Waals surface area (Å²) in [6, 6.07) is 13.9. The highest BCUT2D eigenvalue weighted by Crippen LogP contribution is 2.43. The highest BCUT2D eigenvalue weighted by atomic mass is 35.5. The van der Waals surface area contributed by atoms with Crippen molar-refractivity contribution in [3.63, 3.8) is 0 Å². The van der Waals surface area contributed by atoms with Crippen LogP contribution in [0.4, 0.5) is 4.39 Å². The number of rotatable bonds is 4. The average molecular weight is 399 g/mol. The molecule has 0 bridgehead atoms. The summed E-state index contributed by atoms with van der Waals surface area (Å²) in [4.78, 5) is 5.02. The van der Waals surface area contributed by atoms with E-state index in [1.165, 1.54) is 17.4 Å². The minimum absolute atomic E-state index is 0.339. The SMILES string of the molecule is Cn1cc(-c2ccc(Cl)s2)c([C@H](O)c2cccnc2)c1-c1ccccc1F. The van der Waals surface area contributed by atoms with Crippen molar-refractivity contribution in [3.05, 3.63) is 88.4 Å². The Morgan fingerprint density at radius 1 is 1.11 bits per heavy atom. The zero-order valence-corrected chi connectivity index (χ0v) is 16.0. The third kappa shape index (κ3) is 3.30. The molecule has 3 heterocycles. The van der Waals surface area contributed by atoms with Crippen molar-refractivity contribution in [1.82, 2.24) is 9.55 Å². The van der Waals surface area contributed by atoms with Gasteiger partial charge in [0.1, 0.15) is 11.9 Å². The Bertz CT molecular complexity index is 1090. The number of aliphatic hydroxyl groups is 1. The first-order valence-electron chi connectivity index (χ1n) is 8.34. The number of hydrogen-bond donors (Lipinski definition) is 1. The van der Waals surface area contributed by atoms with Crippen LogP contribution in [-0.4, -0.2) is 14.7 Å². The number of hydrogen-bond acceptors (Lipinski definition) is 3. The largest absolute Gasteiger partial charge is 0.383 e. The van der Waals surface area contributed by atoms with E-state index in [4.69, 9.17) is 11.6 Å². The molecule has 4 rings (SSSR count). The lowest BCUT2D eigenvalue weighted by Crippen LogP contribution is -2.04. The smallest absolute Gasteiger partial charge is 0.132 e. The summed E-state index contributed by atoms with van der Waals surface area (Å²) in [5.41, 5.74) is 3.17. The van der Waals surface area contributed by atoms with Crippen molar-refractivity contribution in [1.29, 1.82) is 0 Å². The molecule has 0 spiro atoms. The molecule has 0 radical (unpaired) electrons. The van der Waals surface area contributed by atoms with Crippen LogP contribution in [0.2, 0.25) is 4.34 Å². The van der Waals surface area contributed by atoms with Crippen molar-refractivity contribution >= 4 is 22.9 Å². The predicted molar refractivity (Wildman–Crippen MR) is 107 cm³/mol. The van der Waals surface area contributed by atoms with Gasteiger partial charge in [0.25, 0.3) is 0 Å². The summed E-state index contributed by atoms with van der Waals surface area (Å²) in [5, 5.41) is 11.2. The first-order chi connectivity index (χ1) is 13.1. The fourth-order valence-corrected chi connectivity index (χ4v) is 4.34. The molecule has 4 aromatic rings. The van der Waals surface area contributed by atoms with Gasteiger partial charge in [-0.25, -0.2) is 4.39 Å². The molecule has 27 heavy (non-hydrogen) atoms. The molecule has 1 aromatic carbocycles. The van der Waals surface area contributed by atoms with Crippen LogP contribution in [0.25, 0.3) is 21.7 Å². The minimum atomic E-state index is -0.953. The zero-order chi connectivity index (χ0) is 19.0. The van der Waals surface area contributed by atoms with E-state index in [-0.39, 0.29) is 5.82 Å². The van der Waals surface area contributed by atoms with Crippen molar-refractivity contribution < 1.29 is 9.50 Å². The van der Waals surface area contributed by atoms with Crippen LogP contribution < -0.4 is 0 Å². The van der Waals surface area contributed by atoms with Crippen molar-refractivity contribution in [2.45, 2.75) is 6.10 Å². The Morgan fingerprint density at radius 2 is 1.93 bits per heavy atom. The lowest BCUT2D eigenvalue weighted by atomic mass is 9.95. The van der Waals surface area contributed by atoms with Crippen LogP contribution in [0.5, 0.6) is 0 Å². The average Bonchev–Trinajstić information content (AvgIpc) is 3.25. The number of benzene rings is 1. The molecule has 1 N–H and O–H groups in total. The van der Waals surface area contributed by atoms with Gasteiger partial charge in [-0.1, -0.05) is 29.8 Å². The summed E-state index contributed by atoms with van der Waals surface area (Å²) in [7, 11) is 1.85. The fraction of sp³-hybridized carbons (Fsp3) is 0.0952. The van der Waals surface area contributed by atoms with E-state index in [0.717, 1.165) is 10.4 Å². The van der Waals surface area contributed by atoms with E-state index in [1.807, 2.05) is 29.9 Å². The Balaban J connectivity index is 1.99. The second kappa shape index (κ2) is 7.27. The molecule has 0 fully saturated rings. The van der Waals surface area contributed by atoms with Gasteiger partial charge in [-0.3, -0.25) is 4.98 Å². The first kappa shape index (κ1) is 17.9. The molecule has 0 aliphatic heterocycles. The molecule has 6 heteroatoms. The van der Waals surface area contributed by atoms with E-state index in [9.17, 15) is 9.50 Å². The number of aliphatic hydroxyl groups excluding tert-OH is 1. The molecule has 3 nitrogen and oxygen atoms in total. The van der Waals surface area contributed by atoms with E-state index in [0.29, 0.717) is 26.7 Å². The lowest BCUT2D eigenvalue weighted by Gasteiger charge is -2.16. The molecule has 0 aliphatic rings. The van der Waals surface area contributed by atoms with Gasteiger partial charge in [-0.15, -0.1) is 11.3 Å². The predicted octanol–water partition coefficient (Wildman–Crippen LogP) is 5.69. The number of thiophene rings is 1. The first-order valence-corrected chi connectivity index (χ1v) is 9.53. The molecular formula is C21H16ClFN2OS. The van der Waals surface area contributed by atoms with Crippen molar-refractivity contribution in [2.24, 2.45) is 7.05 Å². The van der Waals surface area contributed by atoms with Crippen molar-refractivity contribution in [3.8, 4) is 21.7 Å². The molecule has 0 amide bonds. The summed E-state index contributed by atoms with van der Waals surface area (Å²) in [5.74, 6) is -0.339. The Morgan fingerprint density at radius 3 is 2.59 bits per heavy atom. The van der Waals surface area contributed by atoms with Gasteiger partial charge in [-0.2, -0.15) is 0 Å². The standard InChI is InChI=1S/C21H16ClFN2OS/c1-25-12-15(17-8-9-18(22)27-17)19(21(26)13-5-4-10-24-11-13)20(25)14-6-2-3-7-16(14)23/h2-12,21,26H,1H3/t21-/m1/s1. The topological polar surface area (TPSA) is 38.0 Å². The maximum absolute atomic E-state index is 14.6. The summed E-state index contributed by atoms with van der Waals surface area (Å²) >= 11 is 7.55. The fourth-order valence-electron chi connectivity index (χ4n) is 3.27. The molecule has 0 saturated carbocycles. The van der Waals surface area contributed by atoms with Gasteiger partial charge in [-0.05, 0) is 30.3 Å². The second-order valence-corrected chi connectivity index (χ2v) is 7.90. The Labute approximate surface area is 165 Å². The van der Waals surface area contributed by atoms with Crippen LogP contribution in [0.15, 0.2) is 67.1 Å². The maximum atomic E-state index is 14.6. The number of halogens is 2. The highest BCUT2D eigenvalue weighted by Gasteiger charge is 2.26. The lowest BCUT2D eigenvalue weighted by molar-refractivity contribution is 0.221. The number of pyridine rings is 1. The zero-order valence-electron chi connectivity index (χ0n) is 14.4. The van der Waals surface area contributed by atoms with Crippen LogP contribution in [-0.2, 0) is 7.05 Å². The number of aryl methyl sites for hydroxylation is 1. The summed E-state index contributed by atoms with van der Waals surface area (Å²) in [6.07, 6.45) is 4.22. The van der Waals surface area contributed by atoms with Gasteiger partial charge < -0.3 is 9.67 Å². The van der Waals surface area contributed by atoms with E-state index < -0.39 is 6.10 Å². The normalized spacial score (nSPS) is 12.3. The van der Waals surface area contributed by atoms with Crippen LogP contribution in [0, 0.1) is 5.82 Å².